The Morgan fingerprint density at radius 1 is 1.06 bits per heavy atom. The molecule has 2 aromatic carbocycles. The van der Waals surface area contributed by atoms with E-state index in [0.717, 1.165) is 22.0 Å². The van der Waals surface area contributed by atoms with E-state index in [1.165, 1.54) is 22.3 Å². The van der Waals surface area contributed by atoms with Gasteiger partial charge in [0.1, 0.15) is 0 Å². The average Bonchev–Trinajstić information content (AvgIpc) is 2.70. The van der Waals surface area contributed by atoms with Crippen LogP contribution >= 0.6 is 23.2 Å². The van der Waals surface area contributed by atoms with Crippen molar-refractivity contribution in [2.24, 2.45) is 0 Å². The van der Waals surface area contributed by atoms with Crippen molar-refractivity contribution >= 4 is 23.2 Å². The van der Waals surface area contributed by atoms with Gasteiger partial charge >= 0.3 is 0 Å². The molecule has 18 heavy (non-hydrogen) atoms. The second-order valence-electron chi connectivity index (χ2n) is 4.50. The fraction of sp³-hybridized carbons (Fsp3) is 0.200. The van der Waals surface area contributed by atoms with E-state index >= 15 is 0 Å². The average molecular weight is 279 g/mol. The number of aliphatic hydroxyl groups excluding tert-OH is 1. The minimum absolute atomic E-state index is 0.118. The summed E-state index contributed by atoms with van der Waals surface area (Å²) in [6, 6.07) is 9.94. The molecule has 0 fully saturated rings. The van der Waals surface area contributed by atoms with Gasteiger partial charge in [0, 0.05) is 16.7 Å². The van der Waals surface area contributed by atoms with Gasteiger partial charge in [-0.1, -0.05) is 35.3 Å². The molecule has 2 aromatic rings. The number of benzene rings is 2. The Bertz CT molecular complexity index is 620. The third-order valence-electron chi connectivity index (χ3n) is 3.46. The molecule has 0 atom stereocenters. The Morgan fingerprint density at radius 2 is 1.83 bits per heavy atom. The summed E-state index contributed by atoms with van der Waals surface area (Å²) in [4.78, 5) is 0. The van der Waals surface area contributed by atoms with Crippen molar-refractivity contribution in [1.29, 1.82) is 0 Å². The maximum absolute atomic E-state index is 9.16. The van der Waals surface area contributed by atoms with Gasteiger partial charge in [0.2, 0.25) is 0 Å². The Kier molecular flexibility index (Phi) is 3.06. The molecule has 0 saturated carbocycles. The van der Waals surface area contributed by atoms with Crippen LogP contribution in [0.3, 0.4) is 0 Å². The first kappa shape index (κ1) is 12.0. The quantitative estimate of drug-likeness (QED) is 0.748. The third-order valence-corrected chi connectivity index (χ3v) is 4.05. The molecule has 1 aliphatic carbocycles. The van der Waals surface area contributed by atoms with E-state index in [9.17, 15) is 0 Å². The van der Waals surface area contributed by atoms with Crippen molar-refractivity contribution < 1.29 is 5.11 Å². The molecule has 3 heteroatoms. The molecule has 0 saturated heterocycles. The zero-order chi connectivity index (χ0) is 12.7. The summed E-state index contributed by atoms with van der Waals surface area (Å²) in [5.74, 6) is 0. The highest BCUT2D eigenvalue weighted by atomic mass is 35.5. The van der Waals surface area contributed by atoms with Crippen LogP contribution in [0, 0.1) is 0 Å². The monoisotopic (exact) mass is 278 g/mol. The molecule has 1 aliphatic rings. The minimum atomic E-state index is 0.118. The Labute approximate surface area is 116 Å². The topological polar surface area (TPSA) is 20.2 Å². The van der Waals surface area contributed by atoms with Crippen LogP contribution in [0.1, 0.15) is 16.7 Å². The van der Waals surface area contributed by atoms with Crippen molar-refractivity contribution in [2.75, 3.05) is 6.61 Å². The van der Waals surface area contributed by atoms with Crippen LogP contribution in [-0.2, 0) is 12.8 Å². The van der Waals surface area contributed by atoms with E-state index in [-0.39, 0.29) is 6.61 Å². The van der Waals surface area contributed by atoms with Gasteiger partial charge in [-0.15, -0.1) is 0 Å². The molecule has 0 aliphatic heterocycles. The molecular weight excluding hydrogens is 267 g/mol. The maximum Gasteiger partial charge on any atom is 0.0472 e. The van der Waals surface area contributed by atoms with E-state index in [1.54, 1.807) is 0 Å². The van der Waals surface area contributed by atoms with Crippen LogP contribution < -0.4 is 0 Å². The highest BCUT2D eigenvalue weighted by molar-refractivity contribution is 6.32. The molecule has 92 valence electrons. The lowest BCUT2D eigenvalue weighted by molar-refractivity contribution is 0.299. The highest BCUT2D eigenvalue weighted by Crippen LogP contribution is 2.41. The molecule has 0 aromatic heterocycles. The van der Waals surface area contributed by atoms with Gasteiger partial charge in [0.25, 0.3) is 0 Å². The smallest absolute Gasteiger partial charge is 0.0472 e. The first-order chi connectivity index (χ1) is 8.70. The summed E-state index contributed by atoms with van der Waals surface area (Å²) in [7, 11) is 0. The molecular formula is C15H12Cl2O. The minimum Gasteiger partial charge on any atom is -0.396 e. The Hall–Kier alpha value is -1.02. The lowest BCUT2D eigenvalue weighted by Gasteiger charge is -2.09. The number of hydrogen-bond donors (Lipinski definition) is 1. The molecule has 0 unspecified atom stereocenters. The number of rotatable bonds is 2. The number of halogens is 2. The van der Waals surface area contributed by atoms with Crippen LogP contribution in [0.25, 0.3) is 11.1 Å². The molecule has 0 heterocycles. The van der Waals surface area contributed by atoms with Crippen LogP contribution in [0.15, 0.2) is 30.3 Å². The van der Waals surface area contributed by atoms with Gasteiger partial charge in [0.05, 0.1) is 0 Å². The second-order valence-corrected chi connectivity index (χ2v) is 5.35. The maximum atomic E-state index is 9.16. The van der Waals surface area contributed by atoms with Gasteiger partial charge < -0.3 is 5.11 Å². The first-order valence-electron chi connectivity index (χ1n) is 5.90. The lowest BCUT2D eigenvalue weighted by atomic mass is 9.99. The lowest BCUT2D eigenvalue weighted by Crippen LogP contribution is -1.97. The highest BCUT2D eigenvalue weighted by Gasteiger charge is 2.22. The van der Waals surface area contributed by atoms with Crippen molar-refractivity contribution in [1.82, 2.24) is 0 Å². The van der Waals surface area contributed by atoms with Crippen molar-refractivity contribution in [3.05, 3.63) is 57.1 Å². The molecule has 0 bridgehead atoms. The summed E-state index contributed by atoms with van der Waals surface area (Å²) < 4.78 is 0. The molecule has 0 spiro atoms. The summed E-state index contributed by atoms with van der Waals surface area (Å²) >= 11 is 12.3. The van der Waals surface area contributed by atoms with E-state index in [2.05, 4.69) is 12.1 Å². The summed E-state index contributed by atoms with van der Waals surface area (Å²) in [6.07, 6.45) is 1.45. The first-order valence-corrected chi connectivity index (χ1v) is 6.66. The van der Waals surface area contributed by atoms with Crippen LogP contribution in [0.5, 0.6) is 0 Å². The van der Waals surface area contributed by atoms with Crippen molar-refractivity contribution in [3.8, 4) is 11.1 Å². The van der Waals surface area contributed by atoms with Gasteiger partial charge in [-0.2, -0.15) is 0 Å². The number of fused-ring (bicyclic) bond motifs is 3. The van der Waals surface area contributed by atoms with Gasteiger partial charge in [-0.25, -0.2) is 0 Å². The van der Waals surface area contributed by atoms with Crippen molar-refractivity contribution in [2.45, 2.75) is 12.8 Å². The Morgan fingerprint density at radius 3 is 2.61 bits per heavy atom. The fourth-order valence-electron chi connectivity index (χ4n) is 2.66. The van der Waals surface area contributed by atoms with Crippen LogP contribution in [0.2, 0.25) is 10.0 Å². The molecule has 1 nitrogen and oxygen atoms in total. The van der Waals surface area contributed by atoms with Gasteiger partial charge in [-0.05, 0) is 58.9 Å². The summed E-state index contributed by atoms with van der Waals surface area (Å²) in [6.45, 7) is 0.118. The van der Waals surface area contributed by atoms with E-state index in [1.807, 2.05) is 18.2 Å². The van der Waals surface area contributed by atoms with Crippen LogP contribution in [-0.4, -0.2) is 11.7 Å². The zero-order valence-electron chi connectivity index (χ0n) is 9.71. The van der Waals surface area contributed by atoms with E-state index in [0.29, 0.717) is 6.42 Å². The predicted molar refractivity (Wildman–Crippen MR) is 75.5 cm³/mol. The molecule has 3 rings (SSSR count). The van der Waals surface area contributed by atoms with E-state index < -0.39 is 0 Å². The van der Waals surface area contributed by atoms with Crippen molar-refractivity contribution in [3.63, 3.8) is 0 Å². The van der Waals surface area contributed by atoms with Gasteiger partial charge in [0.15, 0.2) is 0 Å². The largest absolute Gasteiger partial charge is 0.396 e. The normalized spacial score (nSPS) is 12.4. The molecule has 1 N–H and O–H groups in total. The van der Waals surface area contributed by atoms with E-state index in [4.69, 9.17) is 28.3 Å². The SMILES string of the molecule is OCCc1c(Cl)ccc2c1Cc1cc(Cl)ccc1-2. The van der Waals surface area contributed by atoms with Gasteiger partial charge in [-0.3, -0.25) is 0 Å². The fourth-order valence-corrected chi connectivity index (χ4v) is 3.13. The molecule has 0 amide bonds. The second kappa shape index (κ2) is 4.58. The summed E-state index contributed by atoms with van der Waals surface area (Å²) in [5, 5.41) is 10.7. The molecule has 0 radical (unpaired) electrons. The zero-order valence-corrected chi connectivity index (χ0v) is 11.2. The number of aliphatic hydroxyl groups is 1. The Balaban J connectivity index is 2.18. The third kappa shape index (κ3) is 1.83. The summed E-state index contributed by atoms with van der Waals surface area (Å²) in [5.41, 5.74) is 5.97. The standard InChI is InChI=1S/C15H12Cl2O/c16-10-1-2-11-9(7-10)8-14-12(11)3-4-15(17)13(14)5-6-18/h1-4,7,18H,5-6,8H2. The predicted octanol–water partition coefficient (Wildman–Crippen LogP) is 4.10. The van der Waals surface area contributed by atoms with Crippen LogP contribution in [0.4, 0.5) is 0 Å². The number of hydrogen-bond acceptors (Lipinski definition) is 1.